The number of nitrogens with zero attached hydrogens (tertiary/aromatic N) is 5. The van der Waals surface area contributed by atoms with Crippen LogP contribution in [0.25, 0.3) is 16.6 Å². The van der Waals surface area contributed by atoms with Crippen LogP contribution < -0.4 is 5.56 Å². The van der Waals surface area contributed by atoms with Crippen LogP contribution in [0.4, 0.5) is 0 Å². The quantitative estimate of drug-likeness (QED) is 0.669. The molecule has 6 heteroatoms. The summed E-state index contributed by atoms with van der Waals surface area (Å²) in [6, 6.07) is 15.2. The zero-order valence-corrected chi connectivity index (χ0v) is 10.7. The summed E-state index contributed by atoms with van der Waals surface area (Å²) in [6.45, 7) is 0. The molecular weight excluding hydrogens is 266 g/mol. The van der Waals surface area contributed by atoms with Crippen molar-refractivity contribution < 1.29 is 0 Å². The van der Waals surface area contributed by atoms with Gasteiger partial charge in [0.1, 0.15) is 17.7 Å². The van der Waals surface area contributed by atoms with Gasteiger partial charge in [-0.1, -0.05) is 17.3 Å². The maximum atomic E-state index is 12.4. The molecule has 0 bridgehead atoms. The van der Waals surface area contributed by atoms with E-state index in [-0.39, 0.29) is 16.7 Å². The van der Waals surface area contributed by atoms with Gasteiger partial charge in [-0.15, -0.1) is 5.10 Å². The highest BCUT2D eigenvalue weighted by Gasteiger charge is 2.09. The first kappa shape index (κ1) is 12.5. The third-order valence-electron chi connectivity index (χ3n) is 3.06. The Balaban J connectivity index is 2.27. The smallest absolute Gasteiger partial charge is 0.267 e. The number of hydrogen-bond acceptors (Lipinski definition) is 5. The molecule has 1 aromatic heterocycles. The molecule has 0 aliphatic rings. The Kier molecular flexibility index (Phi) is 2.91. The third-order valence-corrected chi connectivity index (χ3v) is 3.06. The maximum absolute atomic E-state index is 12.4. The first-order valence-corrected chi connectivity index (χ1v) is 6.04. The van der Waals surface area contributed by atoms with Crippen molar-refractivity contribution in [2.24, 2.45) is 0 Å². The van der Waals surface area contributed by atoms with Gasteiger partial charge in [0.25, 0.3) is 5.56 Å². The zero-order chi connectivity index (χ0) is 14.8. The van der Waals surface area contributed by atoms with Crippen molar-refractivity contribution in [3.05, 3.63) is 63.9 Å². The second-order valence-corrected chi connectivity index (χ2v) is 4.28. The molecule has 1 heterocycles. The van der Waals surface area contributed by atoms with Crippen LogP contribution in [0, 0.1) is 22.7 Å². The Hall–Kier alpha value is -3.51. The Morgan fingerprint density at radius 3 is 2.52 bits per heavy atom. The van der Waals surface area contributed by atoms with Gasteiger partial charge in [0.2, 0.25) is 0 Å². The average molecular weight is 273 g/mol. The van der Waals surface area contributed by atoms with Crippen LogP contribution in [0.3, 0.4) is 0 Å². The Morgan fingerprint density at radius 1 is 1.00 bits per heavy atom. The summed E-state index contributed by atoms with van der Waals surface area (Å²) in [6.07, 6.45) is 0. The molecule has 21 heavy (non-hydrogen) atoms. The van der Waals surface area contributed by atoms with Crippen molar-refractivity contribution in [1.29, 1.82) is 10.5 Å². The highest BCUT2D eigenvalue weighted by Crippen LogP contribution is 2.13. The first-order chi connectivity index (χ1) is 10.2. The third kappa shape index (κ3) is 2.01. The van der Waals surface area contributed by atoms with E-state index in [0.717, 1.165) is 4.68 Å². The van der Waals surface area contributed by atoms with Crippen LogP contribution in [-0.4, -0.2) is 15.0 Å². The van der Waals surface area contributed by atoms with Gasteiger partial charge in [0, 0.05) is 0 Å². The molecule has 6 nitrogen and oxygen atoms in total. The molecule has 0 saturated heterocycles. The number of fused-ring (bicyclic) bond motifs is 1. The van der Waals surface area contributed by atoms with Crippen LogP contribution >= 0.6 is 0 Å². The fourth-order valence-corrected chi connectivity index (χ4v) is 2.01. The molecule has 0 radical (unpaired) electrons. The van der Waals surface area contributed by atoms with Crippen LogP contribution in [0.15, 0.2) is 47.3 Å². The van der Waals surface area contributed by atoms with E-state index >= 15 is 0 Å². The number of aromatic nitrogens is 3. The molecular formula is C15H7N5O. The normalized spacial score (nSPS) is 10.0. The van der Waals surface area contributed by atoms with Crippen LogP contribution in [0.2, 0.25) is 0 Å². The second kappa shape index (κ2) is 4.87. The summed E-state index contributed by atoms with van der Waals surface area (Å²) in [5.41, 5.74) is 1.02. The summed E-state index contributed by atoms with van der Waals surface area (Å²) < 4.78 is 1.12. The lowest BCUT2D eigenvalue weighted by Crippen LogP contribution is -2.22. The van der Waals surface area contributed by atoms with Gasteiger partial charge >= 0.3 is 0 Å². The maximum Gasteiger partial charge on any atom is 0.282 e. The second-order valence-electron chi connectivity index (χ2n) is 4.28. The van der Waals surface area contributed by atoms with E-state index in [1.54, 1.807) is 30.3 Å². The highest BCUT2D eigenvalue weighted by molar-refractivity contribution is 5.76. The lowest BCUT2D eigenvalue weighted by Gasteiger charge is -2.05. The van der Waals surface area contributed by atoms with Gasteiger partial charge in [-0.25, -0.2) is 0 Å². The summed E-state index contributed by atoms with van der Waals surface area (Å²) >= 11 is 0. The molecule has 0 atom stereocenters. The number of benzene rings is 2. The fraction of sp³-hybridized carbons (Fsp3) is 0. The van der Waals surface area contributed by atoms with Crippen molar-refractivity contribution in [2.45, 2.75) is 0 Å². The topological polar surface area (TPSA) is 95.4 Å². The minimum Gasteiger partial charge on any atom is -0.267 e. The summed E-state index contributed by atoms with van der Waals surface area (Å²) in [5.74, 6) is 0. The Bertz CT molecular complexity index is 991. The largest absolute Gasteiger partial charge is 0.282 e. The van der Waals surface area contributed by atoms with Crippen LogP contribution in [0.1, 0.15) is 11.1 Å². The van der Waals surface area contributed by atoms with Gasteiger partial charge in [-0.3, -0.25) is 4.79 Å². The molecule has 0 spiro atoms. The minimum absolute atomic E-state index is 0.192. The van der Waals surface area contributed by atoms with Gasteiger partial charge < -0.3 is 0 Å². The van der Waals surface area contributed by atoms with E-state index in [1.807, 2.05) is 12.1 Å². The standard InChI is InChI=1S/C15H7N5O/c16-8-10-5-6-12(7-11(10)9-17)20-15(21)13-3-1-2-4-14(13)18-19-20/h1-7H. The number of rotatable bonds is 1. The Labute approximate surface area is 119 Å². The highest BCUT2D eigenvalue weighted by atomic mass is 16.1. The van der Waals surface area contributed by atoms with E-state index in [4.69, 9.17) is 10.5 Å². The van der Waals surface area contributed by atoms with Crippen LogP contribution in [0.5, 0.6) is 0 Å². The number of hydrogen-bond donors (Lipinski definition) is 0. The van der Waals surface area contributed by atoms with E-state index in [1.165, 1.54) is 12.1 Å². The molecule has 0 aliphatic heterocycles. The molecule has 0 fully saturated rings. The summed E-state index contributed by atoms with van der Waals surface area (Å²) in [4.78, 5) is 12.4. The molecule has 98 valence electrons. The van der Waals surface area contributed by atoms with Gasteiger partial charge in [0.05, 0.1) is 22.2 Å². The number of nitriles is 2. The molecule has 2 aromatic carbocycles. The summed E-state index contributed by atoms with van der Waals surface area (Å²) in [5, 5.41) is 26.2. The first-order valence-electron chi connectivity index (χ1n) is 6.04. The van der Waals surface area contributed by atoms with Gasteiger partial charge in [0.15, 0.2) is 0 Å². The predicted octanol–water partition coefficient (Wildman–Crippen LogP) is 1.52. The monoisotopic (exact) mass is 273 g/mol. The Morgan fingerprint density at radius 2 is 1.76 bits per heavy atom. The van der Waals surface area contributed by atoms with E-state index in [9.17, 15) is 4.79 Å². The molecule has 3 rings (SSSR count). The minimum atomic E-state index is -0.325. The van der Waals surface area contributed by atoms with Crippen LogP contribution in [-0.2, 0) is 0 Å². The molecule has 0 N–H and O–H groups in total. The average Bonchev–Trinajstić information content (AvgIpc) is 2.55. The van der Waals surface area contributed by atoms with Crippen molar-refractivity contribution in [1.82, 2.24) is 15.0 Å². The molecule has 0 amide bonds. The van der Waals surface area contributed by atoms with Gasteiger partial charge in [-0.05, 0) is 30.3 Å². The molecule has 3 aromatic rings. The van der Waals surface area contributed by atoms with E-state index in [0.29, 0.717) is 16.6 Å². The van der Waals surface area contributed by atoms with E-state index < -0.39 is 0 Å². The molecule has 0 saturated carbocycles. The lowest BCUT2D eigenvalue weighted by atomic mass is 10.1. The van der Waals surface area contributed by atoms with Crippen molar-refractivity contribution >= 4 is 10.9 Å². The predicted molar refractivity (Wildman–Crippen MR) is 74.6 cm³/mol. The van der Waals surface area contributed by atoms with Crippen molar-refractivity contribution in [3.8, 4) is 17.8 Å². The fourth-order valence-electron chi connectivity index (χ4n) is 2.01. The lowest BCUT2D eigenvalue weighted by molar-refractivity contribution is 0.737. The molecule has 0 unspecified atom stereocenters. The van der Waals surface area contributed by atoms with Gasteiger partial charge in [-0.2, -0.15) is 15.2 Å². The van der Waals surface area contributed by atoms with Crippen molar-refractivity contribution in [2.75, 3.05) is 0 Å². The SMILES string of the molecule is N#Cc1ccc(-n2nnc3ccccc3c2=O)cc1C#N. The van der Waals surface area contributed by atoms with Crippen molar-refractivity contribution in [3.63, 3.8) is 0 Å². The van der Waals surface area contributed by atoms with E-state index in [2.05, 4.69) is 10.3 Å². The zero-order valence-electron chi connectivity index (χ0n) is 10.7. The summed E-state index contributed by atoms with van der Waals surface area (Å²) in [7, 11) is 0. The molecule has 0 aliphatic carbocycles.